The number of benzene rings is 1. The molecule has 0 aliphatic carbocycles. The minimum Gasteiger partial charge on any atom is -0.384 e. The maximum absolute atomic E-state index is 5.20. The number of fused-ring (bicyclic) bond motifs is 1. The maximum atomic E-state index is 5.20. The Morgan fingerprint density at radius 1 is 1.23 bits per heavy atom. The van der Waals surface area contributed by atoms with Crippen molar-refractivity contribution in [1.29, 1.82) is 0 Å². The summed E-state index contributed by atoms with van der Waals surface area (Å²) in [4.78, 5) is 4.39. The van der Waals surface area contributed by atoms with E-state index in [9.17, 15) is 0 Å². The van der Waals surface area contributed by atoms with E-state index in [0.717, 1.165) is 51.9 Å². The van der Waals surface area contributed by atoms with Gasteiger partial charge in [-0.2, -0.15) is 0 Å². The largest absolute Gasteiger partial charge is 0.384 e. The van der Waals surface area contributed by atoms with Crippen molar-refractivity contribution < 1.29 is 4.52 Å². The molecule has 1 N–H and O–H groups in total. The van der Waals surface area contributed by atoms with Crippen molar-refractivity contribution in [1.82, 2.24) is 10.1 Å². The fourth-order valence-corrected chi connectivity index (χ4v) is 2.98. The van der Waals surface area contributed by atoms with E-state index >= 15 is 0 Å². The molecule has 0 aliphatic heterocycles. The van der Waals surface area contributed by atoms with Gasteiger partial charge in [0, 0.05) is 33.9 Å². The molecule has 3 rings (SSSR count). The number of aromatic nitrogens is 2. The zero-order valence-electron chi connectivity index (χ0n) is 12.7. The Balaban J connectivity index is 1.66. The monoisotopic (exact) mass is 359 g/mol. The topological polar surface area (TPSA) is 51.0 Å². The number of anilines is 1. The quantitative estimate of drug-likeness (QED) is 0.673. The molecule has 1 aromatic carbocycles. The molecular formula is C17H18BrN3O. The highest BCUT2D eigenvalue weighted by molar-refractivity contribution is 9.10. The van der Waals surface area contributed by atoms with Crippen LogP contribution in [0.15, 0.2) is 39.5 Å². The van der Waals surface area contributed by atoms with Gasteiger partial charge in [-0.05, 0) is 51.0 Å². The Morgan fingerprint density at radius 3 is 2.86 bits per heavy atom. The predicted molar refractivity (Wildman–Crippen MR) is 92.2 cm³/mol. The Hall–Kier alpha value is -1.88. The highest BCUT2D eigenvalue weighted by atomic mass is 79.9. The van der Waals surface area contributed by atoms with Gasteiger partial charge in [-0.15, -0.1) is 0 Å². The number of nitrogens with zero attached hydrogens (tertiary/aromatic N) is 2. The second-order valence-electron chi connectivity index (χ2n) is 5.35. The Bertz CT molecular complexity index is 778. The highest BCUT2D eigenvalue weighted by Crippen LogP contribution is 2.25. The van der Waals surface area contributed by atoms with Crippen LogP contribution in [0.25, 0.3) is 10.9 Å². The molecule has 5 heteroatoms. The highest BCUT2D eigenvalue weighted by Gasteiger charge is 2.08. The fourth-order valence-electron chi connectivity index (χ4n) is 2.62. The first-order valence-corrected chi connectivity index (χ1v) is 8.14. The molecule has 22 heavy (non-hydrogen) atoms. The average molecular weight is 360 g/mol. The van der Waals surface area contributed by atoms with Crippen molar-refractivity contribution in [2.45, 2.75) is 26.7 Å². The molecule has 114 valence electrons. The smallest absolute Gasteiger partial charge is 0.137 e. The van der Waals surface area contributed by atoms with Crippen LogP contribution in [-0.4, -0.2) is 16.7 Å². The van der Waals surface area contributed by atoms with Gasteiger partial charge in [0.05, 0.1) is 11.2 Å². The van der Waals surface area contributed by atoms with E-state index in [1.54, 1.807) is 0 Å². The molecule has 3 aromatic rings. The van der Waals surface area contributed by atoms with Crippen LogP contribution in [0.4, 0.5) is 5.69 Å². The van der Waals surface area contributed by atoms with E-state index in [4.69, 9.17) is 4.52 Å². The molecule has 0 fully saturated rings. The van der Waals surface area contributed by atoms with Crippen LogP contribution in [-0.2, 0) is 6.42 Å². The molecular weight excluding hydrogens is 342 g/mol. The Kier molecular flexibility index (Phi) is 4.43. The third kappa shape index (κ3) is 3.14. The summed E-state index contributed by atoms with van der Waals surface area (Å²) in [7, 11) is 0. The minimum absolute atomic E-state index is 0.898. The van der Waals surface area contributed by atoms with Gasteiger partial charge in [0.1, 0.15) is 5.76 Å². The van der Waals surface area contributed by atoms with Crippen molar-refractivity contribution in [3.8, 4) is 0 Å². The zero-order chi connectivity index (χ0) is 15.5. The first-order chi connectivity index (χ1) is 10.6. The SMILES string of the molecule is Cc1noc(C)c1CCCNc1ccnc2ccc(Br)cc12. The molecule has 0 radical (unpaired) electrons. The van der Waals surface area contributed by atoms with E-state index in [1.807, 2.05) is 38.2 Å². The van der Waals surface area contributed by atoms with E-state index in [2.05, 4.69) is 37.5 Å². The normalized spacial score (nSPS) is 11.0. The zero-order valence-corrected chi connectivity index (χ0v) is 14.3. The van der Waals surface area contributed by atoms with Gasteiger partial charge in [-0.25, -0.2) is 0 Å². The molecule has 0 unspecified atom stereocenters. The lowest BCUT2D eigenvalue weighted by molar-refractivity contribution is 0.392. The van der Waals surface area contributed by atoms with Crippen LogP contribution in [0.3, 0.4) is 0 Å². The summed E-state index contributed by atoms with van der Waals surface area (Å²) < 4.78 is 6.26. The van der Waals surface area contributed by atoms with E-state index < -0.39 is 0 Å². The molecule has 0 bridgehead atoms. The number of pyridine rings is 1. The van der Waals surface area contributed by atoms with Gasteiger partial charge in [-0.3, -0.25) is 4.98 Å². The van der Waals surface area contributed by atoms with Gasteiger partial charge in [-0.1, -0.05) is 21.1 Å². The van der Waals surface area contributed by atoms with Crippen LogP contribution < -0.4 is 5.32 Å². The molecule has 0 saturated heterocycles. The number of hydrogen-bond donors (Lipinski definition) is 1. The summed E-state index contributed by atoms with van der Waals surface area (Å²) in [5.74, 6) is 0.927. The fraction of sp³-hybridized carbons (Fsp3) is 0.294. The van der Waals surface area contributed by atoms with Gasteiger partial charge in [0.15, 0.2) is 0 Å². The summed E-state index contributed by atoms with van der Waals surface area (Å²) >= 11 is 3.52. The number of hydrogen-bond acceptors (Lipinski definition) is 4. The van der Waals surface area contributed by atoms with Crippen molar-refractivity contribution in [3.05, 3.63) is 52.0 Å². The summed E-state index contributed by atoms with van der Waals surface area (Å²) in [6.45, 7) is 4.86. The lowest BCUT2D eigenvalue weighted by Crippen LogP contribution is -2.04. The minimum atomic E-state index is 0.898. The Morgan fingerprint density at radius 2 is 2.09 bits per heavy atom. The molecule has 0 amide bonds. The second kappa shape index (κ2) is 6.48. The van der Waals surface area contributed by atoms with Gasteiger partial charge >= 0.3 is 0 Å². The lowest BCUT2D eigenvalue weighted by Gasteiger charge is -2.09. The lowest BCUT2D eigenvalue weighted by atomic mass is 10.1. The Labute approximate surface area is 138 Å². The van der Waals surface area contributed by atoms with E-state index in [-0.39, 0.29) is 0 Å². The van der Waals surface area contributed by atoms with Crippen molar-refractivity contribution in [2.75, 3.05) is 11.9 Å². The summed E-state index contributed by atoms with van der Waals surface area (Å²) in [6, 6.07) is 8.15. The summed E-state index contributed by atoms with van der Waals surface area (Å²) in [5.41, 5.74) is 4.34. The molecule has 2 aromatic heterocycles. The van der Waals surface area contributed by atoms with E-state index in [1.165, 1.54) is 5.56 Å². The molecule has 0 atom stereocenters. The van der Waals surface area contributed by atoms with Crippen molar-refractivity contribution in [3.63, 3.8) is 0 Å². The number of aryl methyl sites for hydroxylation is 2. The molecule has 0 saturated carbocycles. The van der Waals surface area contributed by atoms with Gasteiger partial charge in [0.2, 0.25) is 0 Å². The van der Waals surface area contributed by atoms with Crippen molar-refractivity contribution in [2.24, 2.45) is 0 Å². The first kappa shape index (κ1) is 15.0. The summed E-state index contributed by atoms with van der Waals surface area (Å²) in [6.07, 6.45) is 3.84. The van der Waals surface area contributed by atoms with Crippen LogP contribution in [0, 0.1) is 13.8 Å². The number of halogens is 1. The maximum Gasteiger partial charge on any atom is 0.137 e. The molecule has 0 aliphatic rings. The van der Waals surface area contributed by atoms with E-state index in [0.29, 0.717) is 0 Å². The molecule has 0 spiro atoms. The standard InChI is InChI=1S/C17H18BrN3O/c1-11-14(12(2)22-21-11)4-3-8-19-17-7-9-20-16-6-5-13(18)10-15(16)17/h5-7,9-10H,3-4,8H2,1-2H3,(H,19,20). The predicted octanol–water partition coefficient (Wildman–Crippen LogP) is 4.65. The van der Waals surface area contributed by atoms with Gasteiger partial charge in [0.25, 0.3) is 0 Å². The second-order valence-corrected chi connectivity index (χ2v) is 6.27. The van der Waals surface area contributed by atoms with Crippen LogP contribution in [0.2, 0.25) is 0 Å². The first-order valence-electron chi connectivity index (χ1n) is 7.35. The molecule has 4 nitrogen and oxygen atoms in total. The summed E-state index contributed by atoms with van der Waals surface area (Å²) in [5, 5.41) is 8.63. The third-order valence-electron chi connectivity index (χ3n) is 3.80. The average Bonchev–Trinajstić information content (AvgIpc) is 2.83. The molecule has 2 heterocycles. The van der Waals surface area contributed by atoms with Crippen LogP contribution in [0.1, 0.15) is 23.4 Å². The number of nitrogens with one attached hydrogen (secondary N) is 1. The van der Waals surface area contributed by atoms with Crippen LogP contribution >= 0.6 is 15.9 Å². The van der Waals surface area contributed by atoms with Gasteiger partial charge < -0.3 is 9.84 Å². The van der Waals surface area contributed by atoms with Crippen LogP contribution in [0.5, 0.6) is 0 Å². The third-order valence-corrected chi connectivity index (χ3v) is 4.30. The van der Waals surface area contributed by atoms with Crippen molar-refractivity contribution >= 4 is 32.5 Å². The number of rotatable bonds is 5.